The van der Waals surface area contributed by atoms with Crippen molar-refractivity contribution >= 4 is 33.0 Å². The molecule has 1 aliphatic heterocycles. The third kappa shape index (κ3) is 6.08. The van der Waals surface area contributed by atoms with Gasteiger partial charge in [-0.05, 0) is 52.9 Å². The molecule has 10 nitrogen and oxygen atoms in total. The van der Waals surface area contributed by atoms with Crippen molar-refractivity contribution in [3.63, 3.8) is 0 Å². The fraction of sp³-hybridized carbons (Fsp3) is 0.308. The molecule has 1 aromatic heterocycles. The summed E-state index contributed by atoms with van der Waals surface area (Å²) in [6.45, 7) is 6.16. The number of halogens is 1. The Morgan fingerprint density at radius 1 is 1.16 bits per heavy atom. The molecule has 2 N–H and O–H groups in total. The summed E-state index contributed by atoms with van der Waals surface area (Å²) in [5.74, 6) is -0.952. The summed E-state index contributed by atoms with van der Waals surface area (Å²) < 4.78 is 46.7. The third-order valence-electron chi connectivity index (χ3n) is 5.90. The molecule has 1 aliphatic rings. The third-order valence-corrected chi connectivity index (χ3v) is 6.49. The molecule has 0 saturated carbocycles. The number of aromatic nitrogens is 1. The predicted octanol–water partition coefficient (Wildman–Crippen LogP) is 5.08. The first-order chi connectivity index (χ1) is 17.9. The van der Waals surface area contributed by atoms with Crippen molar-refractivity contribution < 1.29 is 22.3 Å². The predicted molar refractivity (Wildman–Crippen MR) is 144 cm³/mol. The second kappa shape index (κ2) is 10.4. The molecule has 2 aromatic carbocycles. The van der Waals surface area contributed by atoms with Gasteiger partial charge in [0.25, 0.3) is 5.91 Å². The molecule has 3 aromatic rings. The van der Waals surface area contributed by atoms with Crippen molar-refractivity contribution in [2.24, 2.45) is 10.3 Å². The molecular formula is C26H29FN6O4S. The van der Waals surface area contributed by atoms with Gasteiger partial charge in [-0.25, -0.2) is 17.8 Å². The van der Waals surface area contributed by atoms with E-state index in [2.05, 4.69) is 25.4 Å². The van der Waals surface area contributed by atoms with Gasteiger partial charge in [0.1, 0.15) is 11.9 Å². The molecule has 1 unspecified atom stereocenters. The monoisotopic (exact) mass is 540 g/mol. The highest BCUT2D eigenvalue weighted by Crippen LogP contribution is 2.39. The minimum atomic E-state index is -3.63. The molecule has 0 fully saturated rings. The van der Waals surface area contributed by atoms with Crippen LogP contribution < -0.4 is 19.8 Å². The van der Waals surface area contributed by atoms with E-state index in [-0.39, 0.29) is 46.4 Å². The number of benzene rings is 2. The Labute approximate surface area is 221 Å². The maximum absolute atomic E-state index is 14.8. The van der Waals surface area contributed by atoms with E-state index in [0.717, 1.165) is 17.4 Å². The average molecular weight is 541 g/mol. The summed E-state index contributed by atoms with van der Waals surface area (Å²) in [6, 6.07) is 10.7. The lowest BCUT2D eigenvalue weighted by Crippen LogP contribution is -2.20. The second-order valence-corrected chi connectivity index (χ2v) is 11.7. The van der Waals surface area contributed by atoms with Crippen LogP contribution in [0.3, 0.4) is 0 Å². The van der Waals surface area contributed by atoms with E-state index in [1.54, 1.807) is 30.6 Å². The van der Waals surface area contributed by atoms with Gasteiger partial charge >= 0.3 is 0 Å². The number of hydrogen-bond acceptors (Lipinski definition) is 8. The Kier molecular flexibility index (Phi) is 7.36. The Bertz CT molecular complexity index is 1490. The fourth-order valence-corrected chi connectivity index (χ4v) is 4.50. The first kappa shape index (κ1) is 27.0. The standard InChI is InChI=1S/C26H29FN6O4S/c1-26(2,3)18-12-20(24(37-4)21(13-18)31-38(5,35)36)29-25(34)16-8-9-19(27)23(11-16)33-15-22(30-32-33)17-7-6-10-28-14-17/h6-14,22,31H,15H2,1-5H3,(H,29,34). The van der Waals surface area contributed by atoms with Crippen molar-refractivity contribution in [1.29, 1.82) is 0 Å². The van der Waals surface area contributed by atoms with E-state index in [9.17, 15) is 17.6 Å². The topological polar surface area (TPSA) is 125 Å². The van der Waals surface area contributed by atoms with Crippen LogP contribution in [0.2, 0.25) is 0 Å². The van der Waals surface area contributed by atoms with Gasteiger partial charge in [-0.15, -0.1) is 0 Å². The molecule has 1 amide bonds. The number of nitrogens with one attached hydrogen (secondary N) is 2. The number of carbonyl (C=O) groups excluding carboxylic acids is 1. The van der Waals surface area contributed by atoms with Crippen LogP contribution >= 0.6 is 0 Å². The van der Waals surface area contributed by atoms with Crippen molar-refractivity contribution in [3.05, 3.63) is 77.4 Å². The number of nitrogens with zero attached hydrogens (tertiary/aromatic N) is 4. The van der Waals surface area contributed by atoms with Gasteiger partial charge < -0.3 is 10.1 Å². The molecule has 2 heterocycles. The highest BCUT2D eigenvalue weighted by Gasteiger charge is 2.26. The van der Waals surface area contributed by atoms with E-state index >= 15 is 0 Å². The van der Waals surface area contributed by atoms with Gasteiger partial charge in [0.15, 0.2) is 5.75 Å². The summed E-state index contributed by atoms with van der Waals surface area (Å²) in [5.41, 5.74) is 1.96. The molecule has 0 aliphatic carbocycles. The van der Waals surface area contributed by atoms with E-state index in [4.69, 9.17) is 4.74 Å². The van der Waals surface area contributed by atoms with Gasteiger partial charge in [-0.2, -0.15) is 5.11 Å². The van der Waals surface area contributed by atoms with Crippen LogP contribution in [0, 0.1) is 5.82 Å². The Morgan fingerprint density at radius 3 is 2.53 bits per heavy atom. The molecule has 1 atom stereocenters. The van der Waals surface area contributed by atoms with Crippen LogP contribution in [0.25, 0.3) is 0 Å². The largest absolute Gasteiger partial charge is 0.492 e. The zero-order valence-corrected chi connectivity index (χ0v) is 22.5. The van der Waals surface area contributed by atoms with Crippen molar-refractivity contribution in [1.82, 2.24) is 4.98 Å². The molecule has 0 radical (unpaired) electrons. The average Bonchev–Trinajstić information content (AvgIpc) is 3.33. The van der Waals surface area contributed by atoms with Crippen LogP contribution in [0.1, 0.15) is 48.3 Å². The number of ether oxygens (including phenoxy) is 1. The highest BCUT2D eigenvalue weighted by atomic mass is 32.2. The number of rotatable bonds is 7. The Balaban J connectivity index is 1.64. The number of methoxy groups -OCH3 is 1. The fourth-order valence-electron chi connectivity index (χ4n) is 3.95. The minimum absolute atomic E-state index is 0.0997. The van der Waals surface area contributed by atoms with Crippen LogP contribution in [-0.2, 0) is 15.4 Å². The summed E-state index contributed by atoms with van der Waals surface area (Å²) in [6.07, 6.45) is 4.37. The minimum Gasteiger partial charge on any atom is -0.492 e. The summed E-state index contributed by atoms with van der Waals surface area (Å²) in [5, 5.41) is 12.5. The number of sulfonamides is 1. The molecule has 4 rings (SSSR count). The maximum atomic E-state index is 14.8. The SMILES string of the molecule is COc1c(NC(=O)c2ccc(F)c(N3CC(c4cccnc4)N=N3)c2)cc(C(C)(C)C)cc1NS(C)(=O)=O. The quantitative estimate of drug-likeness (QED) is 0.431. The first-order valence-corrected chi connectivity index (χ1v) is 13.6. The first-order valence-electron chi connectivity index (χ1n) is 11.7. The normalized spacial score (nSPS) is 15.4. The molecule has 0 spiro atoms. The second-order valence-electron chi connectivity index (χ2n) is 9.94. The van der Waals surface area contributed by atoms with E-state index in [1.807, 2.05) is 26.8 Å². The van der Waals surface area contributed by atoms with E-state index < -0.39 is 21.7 Å². The van der Waals surface area contributed by atoms with Gasteiger partial charge in [-0.3, -0.25) is 14.5 Å². The Morgan fingerprint density at radius 2 is 1.89 bits per heavy atom. The lowest BCUT2D eigenvalue weighted by Gasteiger charge is -2.24. The van der Waals surface area contributed by atoms with Crippen molar-refractivity contribution in [3.8, 4) is 5.75 Å². The summed E-state index contributed by atoms with van der Waals surface area (Å²) >= 11 is 0. The number of pyridine rings is 1. The van der Waals surface area contributed by atoms with Crippen LogP contribution in [0.15, 0.2) is 65.2 Å². The summed E-state index contributed by atoms with van der Waals surface area (Å²) in [7, 11) is -2.25. The number of anilines is 3. The van der Waals surface area contributed by atoms with E-state index in [1.165, 1.54) is 30.3 Å². The molecule has 38 heavy (non-hydrogen) atoms. The van der Waals surface area contributed by atoms with Crippen LogP contribution in [0.4, 0.5) is 21.5 Å². The van der Waals surface area contributed by atoms with Gasteiger partial charge in [0.05, 0.1) is 37.0 Å². The maximum Gasteiger partial charge on any atom is 0.255 e. The molecule has 0 saturated heterocycles. The highest BCUT2D eigenvalue weighted by molar-refractivity contribution is 7.92. The lowest BCUT2D eigenvalue weighted by atomic mass is 9.86. The zero-order chi connectivity index (χ0) is 27.7. The number of carbonyl (C=O) groups is 1. The number of hydrogen-bond donors (Lipinski definition) is 2. The van der Waals surface area contributed by atoms with Gasteiger partial charge in [0, 0.05) is 18.0 Å². The molecule has 12 heteroatoms. The van der Waals surface area contributed by atoms with Crippen molar-refractivity contribution in [2.45, 2.75) is 32.2 Å². The molecule has 0 bridgehead atoms. The van der Waals surface area contributed by atoms with Gasteiger partial charge in [0.2, 0.25) is 10.0 Å². The zero-order valence-electron chi connectivity index (χ0n) is 21.7. The summed E-state index contributed by atoms with van der Waals surface area (Å²) in [4.78, 5) is 17.4. The van der Waals surface area contributed by atoms with E-state index in [0.29, 0.717) is 0 Å². The smallest absolute Gasteiger partial charge is 0.255 e. The Hall–Kier alpha value is -4.06. The van der Waals surface area contributed by atoms with Gasteiger partial charge in [-0.1, -0.05) is 32.1 Å². The molecule has 200 valence electrons. The lowest BCUT2D eigenvalue weighted by molar-refractivity contribution is 0.102. The molecular weight excluding hydrogens is 511 g/mol. The van der Waals surface area contributed by atoms with Crippen LogP contribution in [-0.4, -0.2) is 39.2 Å². The van der Waals surface area contributed by atoms with Crippen molar-refractivity contribution in [2.75, 3.05) is 35.0 Å². The number of amides is 1. The van der Waals surface area contributed by atoms with Crippen LogP contribution in [0.5, 0.6) is 5.75 Å².